The van der Waals surface area contributed by atoms with Gasteiger partial charge in [0, 0.05) is 30.8 Å². The minimum Gasteiger partial charge on any atom is -0.342 e. The van der Waals surface area contributed by atoms with Crippen molar-refractivity contribution in [3.8, 4) is 0 Å². The first-order chi connectivity index (χ1) is 9.08. The summed E-state index contributed by atoms with van der Waals surface area (Å²) in [5.74, 6) is -0.0683. The molecule has 6 nitrogen and oxygen atoms in total. The number of likely N-dealkylation sites (tertiary alicyclic amines) is 1. The molecule has 0 atom stereocenters. The molecule has 6 heteroatoms. The summed E-state index contributed by atoms with van der Waals surface area (Å²) in [6.45, 7) is 1.28. The quantitative estimate of drug-likeness (QED) is 0.653. The molecule has 0 aliphatic carbocycles. The number of nitrogens with zero attached hydrogens (tertiary/aromatic N) is 2. The fourth-order valence-electron chi connectivity index (χ4n) is 2.26. The van der Waals surface area contributed by atoms with Crippen molar-refractivity contribution in [3.63, 3.8) is 0 Å². The highest BCUT2D eigenvalue weighted by atomic mass is 16.6. The van der Waals surface area contributed by atoms with Crippen molar-refractivity contribution in [2.75, 3.05) is 13.1 Å². The Bertz CT molecular complexity index is 482. The van der Waals surface area contributed by atoms with Gasteiger partial charge in [-0.1, -0.05) is 18.2 Å². The summed E-state index contributed by atoms with van der Waals surface area (Å²) in [5.41, 5.74) is 6.26. The third kappa shape index (κ3) is 3.29. The van der Waals surface area contributed by atoms with Crippen LogP contribution in [0.5, 0.6) is 0 Å². The van der Waals surface area contributed by atoms with Crippen LogP contribution in [0, 0.1) is 10.1 Å². The van der Waals surface area contributed by atoms with Crippen LogP contribution >= 0.6 is 0 Å². The highest BCUT2D eigenvalue weighted by molar-refractivity contribution is 5.80. The molecular weight excluding hydrogens is 246 g/mol. The second-order valence-electron chi connectivity index (χ2n) is 4.78. The van der Waals surface area contributed by atoms with Gasteiger partial charge in [0.2, 0.25) is 5.91 Å². The van der Waals surface area contributed by atoms with E-state index < -0.39 is 4.92 Å². The van der Waals surface area contributed by atoms with E-state index in [1.165, 1.54) is 6.07 Å². The smallest absolute Gasteiger partial charge is 0.273 e. The molecule has 0 aromatic heterocycles. The molecule has 1 aliphatic heterocycles. The van der Waals surface area contributed by atoms with Gasteiger partial charge < -0.3 is 10.6 Å². The Morgan fingerprint density at radius 3 is 2.63 bits per heavy atom. The monoisotopic (exact) mass is 263 g/mol. The number of amides is 1. The van der Waals surface area contributed by atoms with E-state index in [-0.39, 0.29) is 24.1 Å². The molecule has 1 aromatic carbocycles. The third-order valence-electron chi connectivity index (χ3n) is 3.42. The Kier molecular flexibility index (Phi) is 4.11. The molecule has 0 spiro atoms. The van der Waals surface area contributed by atoms with E-state index in [0.29, 0.717) is 18.7 Å². The maximum Gasteiger partial charge on any atom is 0.273 e. The summed E-state index contributed by atoms with van der Waals surface area (Å²) < 4.78 is 0. The number of rotatable bonds is 3. The fourth-order valence-corrected chi connectivity index (χ4v) is 2.26. The van der Waals surface area contributed by atoms with Crippen LogP contribution in [-0.4, -0.2) is 34.9 Å². The zero-order valence-corrected chi connectivity index (χ0v) is 10.6. The second-order valence-corrected chi connectivity index (χ2v) is 4.78. The summed E-state index contributed by atoms with van der Waals surface area (Å²) in [4.78, 5) is 24.3. The summed E-state index contributed by atoms with van der Waals surface area (Å²) in [6, 6.07) is 6.53. The predicted molar refractivity (Wildman–Crippen MR) is 70.6 cm³/mol. The molecule has 1 heterocycles. The van der Waals surface area contributed by atoms with Crippen molar-refractivity contribution in [1.82, 2.24) is 4.90 Å². The van der Waals surface area contributed by atoms with Gasteiger partial charge in [-0.3, -0.25) is 14.9 Å². The number of benzene rings is 1. The molecule has 1 saturated heterocycles. The average Bonchev–Trinajstić information content (AvgIpc) is 2.39. The summed E-state index contributed by atoms with van der Waals surface area (Å²) in [7, 11) is 0. The molecule has 2 N–H and O–H groups in total. The van der Waals surface area contributed by atoms with E-state index in [1.54, 1.807) is 23.1 Å². The molecular formula is C13H17N3O3. The first-order valence-corrected chi connectivity index (χ1v) is 6.33. The van der Waals surface area contributed by atoms with Gasteiger partial charge in [0.05, 0.1) is 11.3 Å². The van der Waals surface area contributed by atoms with Crippen molar-refractivity contribution >= 4 is 11.6 Å². The van der Waals surface area contributed by atoms with E-state index >= 15 is 0 Å². The van der Waals surface area contributed by atoms with Gasteiger partial charge >= 0.3 is 0 Å². The molecule has 1 fully saturated rings. The minimum absolute atomic E-state index is 0.00422. The molecule has 102 valence electrons. The SMILES string of the molecule is NC1CCN(C(=O)Cc2ccccc2[N+](=O)[O-])CC1. The molecule has 0 saturated carbocycles. The molecule has 0 radical (unpaired) electrons. The maximum absolute atomic E-state index is 12.1. The molecule has 1 aromatic rings. The highest BCUT2D eigenvalue weighted by Gasteiger charge is 2.23. The van der Waals surface area contributed by atoms with Crippen LogP contribution in [-0.2, 0) is 11.2 Å². The van der Waals surface area contributed by atoms with Crippen LogP contribution in [0.3, 0.4) is 0 Å². The first-order valence-electron chi connectivity index (χ1n) is 6.33. The first kappa shape index (κ1) is 13.5. The van der Waals surface area contributed by atoms with E-state index in [4.69, 9.17) is 5.73 Å². The number of para-hydroxylation sites is 1. The van der Waals surface area contributed by atoms with Crippen molar-refractivity contribution in [2.24, 2.45) is 5.73 Å². The Morgan fingerprint density at radius 1 is 1.37 bits per heavy atom. The van der Waals surface area contributed by atoms with Gasteiger partial charge in [-0.15, -0.1) is 0 Å². The number of hydrogen-bond donors (Lipinski definition) is 1. The zero-order chi connectivity index (χ0) is 13.8. The van der Waals surface area contributed by atoms with Gasteiger partial charge in [-0.2, -0.15) is 0 Å². The number of carbonyl (C=O) groups is 1. The maximum atomic E-state index is 12.1. The summed E-state index contributed by atoms with van der Waals surface area (Å²) >= 11 is 0. The highest BCUT2D eigenvalue weighted by Crippen LogP contribution is 2.19. The summed E-state index contributed by atoms with van der Waals surface area (Å²) in [6.07, 6.45) is 1.66. The second kappa shape index (κ2) is 5.79. The fraction of sp³-hybridized carbons (Fsp3) is 0.462. The van der Waals surface area contributed by atoms with Gasteiger partial charge in [-0.05, 0) is 12.8 Å². The molecule has 2 rings (SSSR count). The predicted octanol–water partition coefficient (Wildman–Crippen LogP) is 1.09. The number of nitro groups is 1. The molecule has 1 amide bonds. The largest absolute Gasteiger partial charge is 0.342 e. The van der Waals surface area contributed by atoms with Crippen LogP contribution in [0.25, 0.3) is 0 Å². The molecule has 0 unspecified atom stereocenters. The third-order valence-corrected chi connectivity index (χ3v) is 3.42. The van der Waals surface area contributed by atoms with Crippen LogP contribution < -0.4 is 5.73 Å². The number of hydrogen-bond acceptors (Lipinski definition) is 4. The lowest BCUT2D eigenvalue weighted by Gasteiger charge is -2.30. The van der Waals surface area contributed by atoms with Crippen molar-refractivity contribution in [1.29, 1.82) is 0 Å². The lowest BCUT2D eigenvalue weighted by atomic mass is 10.0. The molecule has 0 bridgehead atoms. The standard InChI is InChI=1S/C13H17N3O3/c14-11-5-7-15(8-6-11)13(17)9-10-3-1-2-4-12(10)16(18)19/h1-4,11H,5-9,14H2. The Hall–Kier alpha value is -1.95. The van der Waals surface area contributed by atoms with Gasteiger partial charge in [0.15, 0.2) is 0 Å². The zero-order valence-electron chi connectivity index (χ0n) is 10.6. The van der Waals surface area contributed by atoms with E-state index in [2.05, 4.69) is 0 Å². The molecule has 1 aliphatic rings. The van der Waals surface area contributed by atoms with Gasteiger partial charge in [-0.25, -0.2) is 0 Å². The van der Waals surface area contributed by atoms with Crippen LogP contribution in [0.15, 0.2) is 24.3 Å². The van der Waals surface area contributed by atoms with Gasteiger partial charge in [0.1, 0.15) is 0 Å². The Balaban J connectivity index is 2.05. The minimum atomic E-state index is -0.450. The van der Waals surface area contributed by atoms with Crippen LogP contribution in [0.2, 0.25) is 0 Å². The number of piperidine rings is 1. The van der Waals surface area contributed by atoms with Crippen LogP contribution in [0.4, 0.5) is 5.69 Å². The summed E-state index contributed by atoms with van der Waals surface area (Å²) in [5, 5.41) is 10.9. The Morgan fingerprint density at radius 2 is 2.00 bits per heavy atom. The van der Waals surface area contributed by atoms with Crippen molar-refractivity contribution < 1.29 is 9.72 Å². The lowest BCUT2D eigenvalue weighted by Crippen LogP contribution is -2.43. The van der Waals surface area contributed by atoms with Crippen molar-refractivity contribution in [3.05, 3.63) is 39.9 Å². The number of nitrogens with two attached hydrogens (primary N) is 1. The van der Waals surface area contributed by atoms with E-state index in [0.717, 1.165) is 12.8 Å². The van der Waals surface area contributed by atoms with Crippen LogP contribution in [0.1, 0.15) is 18.4 Å². The van der Waals surface area contributed by atoms with E-state index in [1.807, 2.05) is 0 Å². The lowest BCUT2D eigenvalue weighted by molar-refractivity contribution is -0.385. The van der Waals surface area contributed by atoms with E-state index in [9.17, 15) is 14.9 Å². The van der Waals surface area contributed by atoms with Crippen molar-refractivity contribution in [2.45, 2.75) is 25.3 Å². The average molecular weight is 263 g/mol. The topological polar surface area (TPSA) is 89.5 Å². The van der Waals surface area contributed by atoms with Gasteiger partial charge in [0.25, 0.3) is 5.69 Å². The Labute approximate surface area is 111 Å². The number of nitro benzene ring substituents is 1. The normalized spacial score (nSPS) is 16.4. The number of carbonyl (C=O) groups excluding carboxylic acids is 1. The molecule has 19 heavy (non-hydrogen) atoms.